The molecule has 37 heavy (non-hydrogen) atoms. The second-order valence-electron chi connectivity index (χ2n) is 9.34. The van der Waals surface area contributed by atoms with Crippen LogP contribution in [0.4, 0.5) is 8.78 Å². The summed E-state index contributed by atoms with van der Waals surface area (Å²) >= 11 is 0. The fourth-order valence-electron chi connectivity index (χ4n) is 4.36. The molecule has 1 aliphatic carbocycles. The van der Waals surface area contributed by atoms with Gasteiger partial charge < -0.3 is 19.3 Å². The normalized spacial score (nSPS) is 13.4. The van der Waals surface area contributed by atoms with Gasteiger partial charge in [-0.3, -0.25) is 0 Å². The van der Waals surface area contributed by atoms with Crippen molar-refractivity contribution in [1.29, 1.82) is 0 Å². The van der Waals surface area contributed by atoms with E-state index in [0.717, 1.165) is 22.4 Å². The molecule has 0 atom stereocenters. The number of carbonyl (C=O) groups is 1. The Bertz CT molecular complexity index is 1220. The highest BCUT2D eigenvalue weighted by molar-refractivity contribution is 5.76. The highest BCUT2D eigenvalue weighted by Gasteiger charge is 2.38. The third-order valence-corrected chi connectivity index (χ3v) is 6.34. The molecule has 1 N–H and O–H groups in total. The van der Waals surface area contributed by atoms with Gasteiger partial charge in [0, 0.05) is 13.0 Å². The van der Waals surface area contributed by atoms with Gasteiger partial charge in [0.2, 0.25) is 0 Å². The zero-order valence-electron chi connectivity index (χ0n) is 21.1. The number of aliphatic carboxylic acids is 1. The maximum atomic E-state index is 13.5. The number of hydrogen-bond acceptors (Lipinski definition) is 4. The van der Waals surface area contributed by atoms with E-state index in [1.165, 1.54) is 36.1 Å². The second kappa shape index (κ2) is 11.7. The van der Waals surface area contributed by atoms with E-state index in [1.807, 2.05) is 19.1 Å². The van der Waals surface area contributed by atoms with E-state index in [9.17, 15) is 13.6 Å². The van der Waals surface area contributed by atoms with Gasteiger partial charge in [0.15, 0.2) is 0 Å². The van der Waals surface area contributed by atoms with Crippen molar-refractivity contribution in [2.24, 2.45) is 0 Å². The zero-order chi connectivity index (χ0) is 26.4. The van der Waals surface area contributed by atoms with Crippen LogP contribution in [0.5, 0.6) is 11.5 Å². The molecule has 0 heterocycles. The summed E-state index contributed by atoms with van der Waals surface area (Å²) in [6.45, 7) is 6.14. The number of rotatable bonds is 13. The number of hydrogen-bond donors (Lipinski definition) is 1. The Morgan fingerprint density at radius 2 is 1.73 bits per heavy atom. The highest BCUT2D eigenvalue weighted by atomic mass is 19.3. The van der Waals surface area contributed by atoms with Gasteiger partial charge in [0.25, 0.3) is 0 Å². The molecule has 5 nitrogen and oxygen atoms in total. The van der Waals surface area contributed by atoms with E-state index in [1.54, 1.807) is 12.1 Å². The quantitative estimate of drug-likeness (QED) is 0.256. The summed E-state index contributed by atoms with van der Waals surface area (Å²) in [5, 5.41) is 8.62. The van der Waals surface area contributed by atoms with Gasteiger partial charge in [0.1, 0.15) is 24.7 Å². The van der Waals surface area contributed by atoms with Crippen molar-refractivity contribution in [2.75, 3.05) is 19.8 Å². The van der Waals surface area contributed by atoms with Gasteiger partial charge in [0.05, 0.1) is 6.61 Å². The smallest absolute Gasteiger partial charge is 0.374 e. The van der Waals surface area contributed by atoms with E-state index in [-0.39, 0.29) is 5.56 Å². The van der Waals surface area contributed by atoms with Crippen molar-refractivity contribution < 1.29 is 32.9 Å². The Labute approximate surface area is 216 Å². The fourth-order valence-corrected chi connectivity index (χ4v) is 4.36. The van der Waals surface area contributed by atoms with E-state index in [2.05, 4.69) is 31.2 Å². The van der Waals surface area contributed by atoms with Crippen LogP contribution in [0, 0.1) is 6.92 Å². The van der Waals surface area contributed by atoms with Crippen molar-refractivity contribution in [2.45, 2.75) is 51.6 Å². The molecular formula is C30H32F2O5. The van der Waals surface area contributed by atoms with Gasteiger partial charge in [-0.05, 0) is 96.3 Å². The summed E-state index contributed by atoms with van der Waals surface area (Å²) in [5.41, 5.74) is 6.02. The van der Waals surface area contributed by atoms with Crippen molar-refractivity contribution >= 4 is 5.97 Å². The third kappa shape index (κ3) is 7.07. The molecule has 0 amide bonds. The Kier molecular flexibility index (Phi) is 8.44. The van der Waals surface area contributed by atoms with Gasteiger partial charge >= 0.3 is 11.9 Å². The van der Waals surface area contributed by atoms with Crippen molar-refractivity contribution in [3.8, 4) is 22.6 Å². The summed E-state index contributed by atoms with van der Waals surface area (Å²) in [6, 6.07) is 18.5. The first-order chi connectivity index (χ1) is 17.8. The average molecular weight is 511 g/mol. The standard InChI is InChI=1S/C30H32F2O5/c1-3-35-13-14-36-26-15-20(2)28(27(17-26)23-9-10-23)24-6-4-5-22(16-24)19-37-25-11-7-21(8-12-25)18-30(31,32)29(33)34/h4-8,11-12,15-17,23H,3,9-10,13-14,18-19H2,1-2H3,(H,33,34). The summed E-state index contributed by atoms with van der Waals surface area (Å²) in [6.07, 6.45) is 1.49. The van der Waals surface area contributed by atoms with Crippen LogP contribution >= 0.6 is 0 Å². The molecule has 1 aliphatic rings. The minimum absolute atomic E-state index is 0.232. The first-order valence-electron chi connectivity index (χ1n) is 12.5. The molecular weight excluding hydrogens is 478 g/mol. The van der Waals surface area contributed by atoms with Crippen LogP contribution in [0.2, 0.25) is 0 Å². The largest absolute Gasteiger partial charge is 0.491 e. The van der Waals surface area contributed by atoms with Crippen LogP contribution in [0.3, 0.4) is 0 Å². The predicted octanol–water partition coefficient (Wildman–Crippen LogP) is 6.80. The van der Waals surface area contributed by atoms with Crippen LogP contribution in [0.25, 0.3) is 11.1 Å². The van der Waals surface area contributed by atoms with E-state index in [4.69, 9.17) is 19.3 Å². The lowest BCUT2D eigenvalue weighted by molar-refractivity contribution is -0.164. The zero-order valence-corrected chi connectivity index (χ0v) is 21.1. The molecule has 0 radical (unpaired) electrons. The van der Waals surface area contributed by atoms with E-state index < -0.39 is 18.3 Å². The van der Waals surface area contributed by atoms with E-state index >= 15 is 0 Å². The Hall–Kier alpha value is -3.45. The molecule has 0 aromatic heterocycles. The molecule has 3 aromatic carbocycles. The fraction of sp³-hybridized carbons (Fsp3) is 0.367. The number of halogens is 2. The summed E-state index contributed by atoms with van der Waals surface area (Å²) in [5.74, 6) is -4.00. The monoisotopic (exact) mass is 510 g/mol. The van der Waals surface area contributed by atoms with Gasteiger partial charge in [-0.25, -0.2) is 4.79 Å². The van der Waals surface area contributed by atoms with Crippen LogP contribution in [-0.2, 0) is 22.6 Å². The van der Waals surface area contributed by atoms with Crippen LogP contribution < -0.4 is 9.47 Å². The number of carboxylic acids is 1. The second-order valence-corrected chi connectivity index (χ2v) is 9.34. The van der Waals surface area contributed by atoms with Gasteiger partial charge in [-0.15, -0.1) is 0 Å². The molecule has 196 valence electrons. The third-order valence-electron chi connectivity index (χ3n) is 6.34. The lowest BCUT2D eigenvalue weighted by atomic mass is 9.91. The Morgan fingerprint density at radius 1 is 0.973 bits per heavy atom. The van der Waals surface area contributed by atoms with Crippen molar-refractivity contribution in [1.82, 2.24) is 0 Å². The molecule has 4 rings (SSSR count). The molecule has 0 spiro atoms. The van der Waals surface area contributed by atoms with Crippen LogP contribution in [0.15, 0.2) is 60.7 Å². The minimum Gasteiger partial charge on any atom is -0.491 e. The van der Waals surface area contributed by atoms with Crippen molar-refractivity contribution in [3.63, 3.8) is 0 Å². The lowest BCUT2D eigenvalue weighted by Crippen LogP contribution is -2.30. The lowest BCUT2D eigenvalue weighted by Gasteiger charge is -2.17. The summed E-state index contributed by atoms with van der Waals surface area (Å²) < 4.78 is 44.1. The summed E-state index contributed by atoms with van der Waals surface area (Å²) in [7, 11) is 0. The topological polar surface area (TPSA) is 65.0 Å². The molecule has 1 saturated carbocycles. The number of ether oxygens (including phenoxy) is 3. The van der Waals surface area contributed by atoms with E-state index in [0.29, 0.717) is 38.1 Å². The highest BCUT2D eigenvalue weighted by Crippen LogP contribution is 2.47. The number of alkyl halides is 2. The van der Waals surface area contributed by atoms with Gasteiger partial charge in [-0.1, -0.05) is 30.3 Å². The molecule has 0 aliphatic heterocycles. The minimum atomic E-state index is -3.80. The average Bonchev–Trinajstić information content (AvgIpc) is 3.71. The molecule has 1 fully saturated rings. The first-order valence-corrected chi connectivity index (χ1v) is 12.5. The molecule has 7 heteroatoms. The molecule has 0 unspecified atom stereocenters. The SMILES string of the molecule is CCOCCOc1cc(C)c(-c2cccc(COc3ccc(CC(F)(F)C(=O)O)cc3)c2)c(C2CC2)c1. The maximum absolute atomic E-state index is 13.5. The summed E-state index contributed by atoms with van der Waals surface area (Å²) in [4.78, 5) is 10.7. The Balaban J connectivity index is 1.45. The number of carboxylic acid groups (broad SMARTS) is 1. The molecule has 3 aromatic rings. The maximum Gasteiger partial charge on any atom is 0.374 e. The molecule has 0 saturated heterocycles. The van der Waals surface area contributed by atoms with Gasteiger partial charge in [-0.2, -0.15) is 8.78 Å². The first kappa shape index (κ1) is 26.6. The van der Waals surface area contributed by atoms with Crippen LogP contribution in [0.1, 0.15) is 47.9 Å². The van der Waals surface area contributed by atoms with Crippen molar-refractivity contribution in [3.05, 3.63) is 82.9 Å². The van der Waals surface area contributed by atoms with Crippen LogP contribution in [-0.4, -0.2) is 36.8 Å². The molecule has 0 bridgehead atoms. The predicted molar refractivity (Wildman–Crippen MR) is 138 cm³/mol. The Morgan fingerprint density at radius 3 is 2.41 bits per heavy atom. The number of benzene rings is 3. The number of aryl methyl sites for hydroxylation is 1.